The van der Waals surface area contributed by atoms with Crippen LogP contribution in [0.2, 0.25) is 0 Å². The van der Waals surface area contributed by atoms with Crippen LogP contribution in [0.3, 0.4) is 0 Å². The second-order valence-electron chi connectivity index (χ2n) is 7.99. The number of amidine groups is 1. The average molecular weight is 502 g/mol. The van der Waals surface area contributed by atoms with Gasteiger partial charge < -0.3 is 18.7 Å². The van der Waals surface area contributed by atoms with E-state index in [1.807, 2.05) is 6.92 Å². The maximum Gasteiger partial charge on any atom is 0.339 e. The SMILES string of the molecule is CCN1CCN(C2=NC(=O)/C(=C/c3ccc(OS(=O)(=O)c4ccc(C)cc4)c(OC)c3)S2)CC1. The first-order chi connectivity index (χ1) is 16.3. The van der Waals surface area contributed by atoms with Crippen molar-refractivity contribution in [2.45, 2.75) is 18.7 Å². The van der Waals surface area contributed by atoms with Crippen molar-refractivity contribution >= 4 is 39.0 Å². The van der Waals surface area contributed by atoms with E-state index >= 15 is 0 Å². The van der Waals surface area contributed by atoms with E-state index < -0.39 is 10.1 Å². The van der Waals surface area contributed by atoms with Gasteiger partial charge >= 0.3 is 10.1 Å². The van der Waals surface area contributed by atoms with Crippen molar-refractivity contribution in [3.05, 3.63) is 58.5 Å². The monoisotopic (exact) mass is 501 g/mol. The zero-order valence-corrected chi connectivity index (χ0v) is 21.0. The number of piperazine rings is 1. The van der Waals surface area contributed by atoms with Gasteiger partial charge in [0.2, 0.25) is 0 Å². The Morgan fingerprint density at radius 1 is 1.06 bits per heavy atom. The molecule has 1 amide bonds. The van der Waals surface area contributed by atoms with E-state index in [9.17, 15) is 13.2 Å². The Kier molecular flexibility index (Phi) is 7.30. The Morgan fingerprint density at radius 3 is 2.41 bits per heavy atom. The van der Waals surface area contributed by atoms with Crippen molar-refractivity contribution < 1.29 is 22.1 Å². The van der Waals surface area contributed by atoms with E-state index in [0.717, 1.165) is 43.5 Å². The summed E-state index contributed by atoms with van der Waals surface area (Å²) in [4.78, 5) is 21.8. The van der Waals surface area contributed by atoms with Gasteiger partial charge in [0.15, 0.2) is 16.7 Å². The molecule has 2 aromatic carbocycles. The number of carbonyl (C=O) groups excluding carboxylic acids is 1. The molecule has 0 aromatic heterocycles. The Labute approximate surface area is 204 Å². The van der Waals surface area contributed by atoms with Crippen LogP contribution in [0.15, 0.2) is 57.3 Å². The molecule has 8 nitrogen and oxygen atoms in total. The molecule has 0 saturated carbocycles. The minimum Gasteiger partial charge on any atom is -0.493 e. The fraction of sp³-hybridized carbons (Fsp3) is 0.333. The molecule has 2 aliphatic rings. The predicted octanol–water partition coefficient (Wildman–Crippen LogP) is 3.38. The third-order valence-corrected chi connectivity index (χ3v) is 7.99. The van der Waals surface area contributed by atoms with Crippen molar-refractivity contribution in [2.75, 3.05) is 39.8 Å². The normalized spacial score (nSPS) is 18.3. The number of aliphatic imine (C=N–C) groups is 1. The third kappa shape index (κ3) is 5.45. The highest BCUT2D eigenvalue weighted by molar-refractivity contribution is 8.18. The van der Waals surface area contributed by atoms with Gasteiger partial charge in [-0.1, -0.05) is 30.7 Å². The molecule has 4 rings (SSSR count). The number of methoxy groups -OCH3 is 1. The largest absolute Gasteiger partial charge is 0.493 e. The molecule has 10 heteroatoms. The highest BCUT2D eigenvalue weighted by Crippen LogP contribution is 2.34. The maximum absolute atomic E-state index is 12.7. The molecule has 1 saturated heterocycles. The highest BCUT2D eigenvalue weighted by Gasteiger charge is 2.28. The van der Waals surface area contributed by atoms with Gasteiger partial charge in [0, 0.05) is 26.2 Å². The molecule has 2 aliphatic heterocycles. The summed E-state index contributed by atoms with van der Waals surface area (Å²) < 4.78 is 36.0. The molecule has 0 unspecified atom stereocenters. The van der Waals surface area contributed by atoms with E-state index in [0.29, 0.717) is 10.5 Å². The third-order valence-electron chi connectivity index (χ3n) is 5.69. The molecule has 0 radical (unpaired) electrons. The van der Waals surface area contributed by atoms with Gasteiger partial charge in [0.25, 0.3) is 5.91 Å². The Bertz CT molecular complexity index is 1230. The molecular formula is C24H27N3O5S2. The molecule has 2 aromatic rings. The number of rotatable bonds is 6. The number of nitrogens with zero attached hydrogens (tertiary/aromatic N) is 3. The summed E-state index contributed by atoms with van der Waals surface area (Å²) in [5, 5.41) is 0.725. The topological polar surface area (TPSA) is 88.5 Å². The second-order valence-corrected chi connectivity index (χ2v) is 10.5. The zero-order chi connectivity index (χ0) is 24.3. The molecule has 0 N–H and O–H groups in total. The molecule has 0 bridgehead atoms. The molecule has 1 fully saturated rings. The van der Waals surface area contributed by atoms with Crippen LogP contribution in [0.1, 0.15) is 18.1 Å². The van der Waals surface area contributed by atoms with Crippen LogP contribution in [0.4, 0.5) is 0 Å². The standard InChI is InChI=1S/C24H27N3O5S2/c1-4-26-11-13-27(14-12-26)24-25-23(28)22(33-24)16-18-7-10-20(21(15-18)31-3)32-34(29,30)19-8-5-17(2)6-9-19/h5-10,15-16H,4,11-14H2,1-3H3/b22-16-. The smallest absolute Gasteiger partial charge is 0.339 e. The first-order valence-corrected chi connectivity index (χ1v) is 13.2. The predicted molar refractivity (Wildman–Crippen MR) is 134 cm³/mol. The summed E-state index contributed by atoms with van der Waals surface area (Å²) in [6, 6.07) is 11.3. The van der Waals surface area contributed by atoms with E-state index in [1.54, 1.807) is 30.3 Å². The number of carbonyl (C=O) groups is 1. The number of amides is 1. The van der Waals surface area contributed by atoms with Gasteiger partial charge in [-0.15, -0.1) is 0 Å². The lowest BCUT2D eigenvalue weighted by molar-refractivity contribution is -0.113. The summed E-state index contributed by atoms with van der Waals surface area (Å²) in [5.74, 6) is 0.0397. The van der Waals surface area contributed by atoms with Gasteiger partial charge in [-0.25, -0.2) is 0 Å². The van der Waals surface area contributed by atoms with E-state index in [-0.39, 0.29) is 22.3 Å². The van der Waals surface area contributed by atoms with Crippen LogP contribution in [0, 0.1) is 6.92 Å². The fourth-order valence-corrected chi connectivity index (χ4v) is 5.56. The van der Waals surface area contributed by atoms with Crippen LogP contribution in [-0.4, -0.2) is 69.1 Å². The fourth-order valence-electron chi connectivity index (χ4n) is 3.65. The quantitative estimate of drug-likeness (QED) is 0.440. The number of ether oxygens (including phenoxy) is 1. The number of likely N-dealkylation sites (N-methyl/N-ethyl adjacent to an activating group) is 1. The molecule has 0 spiro atoms. The van der Waals surface area contributed by atoms with Gasteiger partial charge in [-0.3, -0.25) is 4.79 Å². The van der Waals surface area contributed by atoms with Crippen LogP contribution in [0.5, 0.6) is 11.5 Å². The summed E-state index contributed by atoms with van der Waals surface area (Å²) in [6.07, 6.45) is 1.73. The van der Waals surface area contributed by atoms with Crippen molar-refractivity contribution in [3.63, 3.8) is 0 Å². The minimum absolute atomic E-state index is 0.0590. The lowest BCUT2D eigenvalue weighted by atomic mass is 10.2. The second kappa shape index (κ2) is 10.2. The molecule has 0 atom stereocenters. The summed E-state index contributed by atoms with van der Waals surface area (Å²) >= 11 is 1.36. The van der Waals surface area contributed by atoms with Gasteiger partial charge in [0.05, 0.1) is 12.0 Å². The van der Waals surface area contributed by atoms with Gasteiger partial charge in [-0.05, 0) is 61.1 Å². The zero-order valence-electron chi connectivity index (χ0n) is 19.4. The molecule has 0 aliphatic carbocycles. The minimum atomic E-state index is -4.01. The Morgan fingerprint density at radius 2 is 1.76 bits per heavy atom. The maximum atomic E-state index is 12.7. The summed E-state index contributed by atoms with van der Waals surface area (Å²) in [6.45, 7) is 8.63. The Balaban J connectivity index is 1.48. The molecule has 2 heterocycles. The van der Waals surface area contributed by atoms with E-state index in [4.69, 9.17) is 8.92 Å². The first-order valence-electron chi connectivity index (χ1n) is 11.0. The molecule has 180 valence electrons. The van der Waals surface area contributed by atoms with Crippen LogP contribution >= 0.6 is 11.8 Å². The van der Waals surface area contributed by atoms with Gasteiger partial charge in [0.1, 0.15) is 4.90 Å². The number of hydrogen-bond acceptors (Lipinski definition) is 8. The van der Waals surface area contributed by atoms with E-state index in [2.05, 4.69) is 21.7 Å². The first kappa shape index (κ1) is 24.3. The average Bonchev–Trinajstić information content (AvgIpc) is 3.20. The van der Waals surface area contributed by atoms with Crippen molar-refractivity contribution in [3.8, 4) is 11.5 Å². The number of benzene rings is 2. The number of thioether (sulfide) groups is 1. The van der Waals surface area contributed by atoms with Gasteiger partial charge in [-0.2, -0.15) is 13.4 Å². The lowest BCUT2D eigenvalue weighted by Crippen LogP contribution is -2.47. The van der Waals surface area contributed by atoms with Crippen molar-refractivity contribution in [1.82, 2.24) is 9.80 Å². The van der Waals surface area contributed by atoms with Crippen LogP contribution in [-0.2, 0) is 14.9 Å². The Hall–Kier alpha value is -2.82. The van der Waals surface area contributed by atoms with Crippen molar-refractivity contribution in [1.29, 1.82) is 0 Å². The highest BCUT2D eigenvalue weighted by atomic mass is 32.2. The molecular weight excluding hydrogens is 474 g/mol. The van der Waals surface area contributed by atoms with Crippen LogP contribution in [0.25, 0.3) is 6.08 Å². The lowest BCUT2D eigenvalue weighted by Gasteiger charge is -2.34. The molecule has 34 heavy (non-hydrogen) atoms. The van der Waals surface area contributed by atoms with E-state index in [1.165, 1.54) is 37.1 Å². The van der Waals surface area contributed by atoms with Crippen molar-refractivity contribution in [2.24, 2.45) is 4.99 Å². The summed E-state index contributed by atoms with van der Waals surface area (Å²) in [7, 11) is -2.58. The summed E-state index contributed by atoms with van der Waals surface area (Å²) in [5.41, 5.74) is 1.63. The van der Waals surface area contributed by atoms with Crippen LogP contribution < -0.4 is 8.92 Å². The number of aryl methyl sites for hydroxylation is 1. The number of hydrogen-bond donors (Lipinski definition) is 0.